The summed E-state index contributed by atoms with van der Waals surface area (Å²) in [5, 5.41) is 18.1. The number of nitrogens with two attached hydrogens (primary N) is 1. The van der Waals surface area contributed by atoms with Crippen molar-refractivity contribution in [3.8, 4) is 0 Å². The Balaban J connectivity index is 1.57. The molecule has 8 heteroatoms. The molecule has 0 bridgehead atoms. The third-order valence-corrected chi connectivity index (χ3v) is 8.35. The molecule has 34 heavy (non-hydrogen) atoms. The second kappa shape index (κ2) is 13.9. The molecule has 0 radical (unpaired) electrons. The number of urea groups is 1. The van der Waals surface area contributed by atoms with Gasteiger partial charge in [-0.3, -0.25) is 4.79 Å². The van der Waals surface area contributed by atoms with Crippen LogP contribution in [0.15, 0.2) is 0 Å². The molecular weight excluding hydrogens is 432 g/mol. The van der Waals surface area contributed by atoms with Crippen molar-refractivity contribution >= 4 is 17.9 Å². The Kier molecular flexibility index (Phi) is 10.9. The minimum atomic E-state index is -1.07. The van der Waals surface area contributed by atoms with E-state index in [0.29, 0.717) is 44.1 Å². The lowest BCUT2D eigenvalue weighted by Gasteiger charge is -2.40. The summed E-state index contributed by atoms with van der Waals surface area (Å²) >= 11 is 0. The molecule has 0 aromatic carbocycles. The molecule has 3 aliphatic carbocycles. The van der Waals surface area contributed by atoms with Gasteiger partial charge in [-0.15, -0.1) is 0 Å². The molecule has 3 fully saturated rings. The molecule has 3 saturated carbocycles. The molecule has 5 atom stereocenters. The lowest BCUT2D eigenvalue weighted by Crippen LogP contribution is -2.55. The number of aliphatic carboxylic acids is 1. The van der Waals surface area contributed by atoms with Crippen LogP contribution in [0.5, 0.6) is 0 Å². The quantitative estimate of drug-likeness (QED) is 0.289. The smallest absolute Gasteiger partial charge is 0.326 e. The summed E-state index contributed by atoms with van der Waals surface area (Å²) in [5.41, 5.74) is 5.50. The highest BCUT2D eigenvalue weighted by molar-refractivity contribution is 5.88. The minimum absolute atomic E-state index is 0.116. The van der Waals surface area contributed by atoms with Gasteiger partial charge < -0.3 is 26.8 Å². The molecule has 0 heterocycles. The molecule has 0 spiro atoms. The van der Waals surface area contributed by atoms with Crippen LogP contribution in [-0.2, 0) is 9.59 Å². The summed E-state index contributed by atoms with van der Waals surface area (Å²) in [6, 6.07) is -2.02. The van der Waals surface area contributed by atoms with Gasteiger partial charge in [0.25, 0.3) is 0 Å². The van der Waals surface area contributed by atoms with E-state index >= 15 is 0 Å². The molecule has 0 aromatic rings. The Morgan fingerprint density at radius 3 is 2.21 bits per heavy atom. The van der Waals surface area contributed by atoms with Crippen molar-refractivity contribution < 1.29 is 19.5 Å². The molecule has 194 valence electrons. The summed E-state index contributed by atoms with van der Waals surface area (Å²) in [7, 11) is 0. The van der Waals surface area contributed by atoms with Gasteiger partial charge in [-0.25, -0.2) is 9.59 Å². The van der Waals surface area contributed by atoms with Gasteiger partial charge >= 0.3 is 12.0 Å². The summed E-state index contributed by atoms with van der Waals surface area (Å²) in [6.07, 6.45) is 16.5. The van der Waals surface area contributed by atoms with Crippen LogP contribution in [0.4, 0.5) is 4.79 Å². The lowest BCUT2D eigenvalue weighted by molar-refractivity contribution is -0.139. The van der Waals surface area contributed by atoms with Crippen molar-refractivity contribution in [2.45, 2.75) is 121 Å². The van der Waals surface area contributed by atoms with E-state index in [1.54, 1.807) is 0 Å². The van der Waals surface area contributed by atoms with Crippen molar-refractivity contribution in [1.82, 2.24) is 16.0 Å². The van der Waals surface area contributed by atoms with Gasteiger partial charge in [-0.1, -0.05) is 57.8 Å². The molecule has 8 nitrogen and oxygen atoms in total. The first-order valence-corrected chi connectivity index (χ1v) is 13.8. The first kappa shape index (κ1) is 26.8. The van der Waals surface area contributed by atoms with Gasteiger partial charge in [0.1, 0.15) is 12.1 Å². The van der Waals surface area contributed by atoms with Crippen LogP contribution in [0.1, 0.15) is 103 Å². The van der Waals surface area contributed by atoms with Gasteiger partial charge in [0, 0.05) is 6.04 Å². The second-order valence-corrected chi connectivity index (χ2v) is 10.9. The summed E-state index contributed by atoms with van der Waals surface area (Å²) in [6.45, 7) is 0.491. The van der Waals surface area contributed by atoms with Crippen molar-refractivity contribution in [2.24, 2.45) is 23.5 Å². The maximum atomic E-state index is 13.3. The average molecular weight is 479 g/mol. The summed E-state index contributed by atoms with van der Waals surface area (Å²) in [5.74, 6) is 0.764. The van der Waals surface area contributed by atoms with Gasteiger partial charge in [-0.2, -0.15) is 0 Å². The third kappa shape index (κ3) is 8.43. The van der Waals surface area contributed by atoms with E-state index in [4.69, 9.17) is 5.73 Å². The predicted octanol–water partition coefficient (Wildman–Crippen LogP) is 3.68. The fourth-order valence-electron chi connectivity index (χ4n) is 6.40. The number of unbranched alkanes of at least 4 members (excludes halogenated alkanes) is 1. The van der Waals surface area contributed by atoms with E-state index in [-0.39, 0.29) is 11.9 Å². The van der Waals surface area contributed by atoms with Crippen molar-refractivity contribution in [2.75, 3.05) is 6.54 Å². The molecular formula is C26H46N4O4. The van der Waals surface area contributed by atoms with Gasteiger partial charge in [0.2, 0.25) is 5.91 Å². The maximum Gasteiger partial charge on any atom is 0.326 e. The Morgan fingerprint density at radius 1 is 0.824 bits per heavy atom. The zero-order valence-electron chi connectivity index (χ0n) is 20.7. The molecule has 6 N–H and O–H groups in total. The normalized spacial score (nSPS) is 27.1. The lowest BCUT2D eigenvalue weighted by atomic mass is 9.69. The SMILES string of the molecule is NCCCC[C@H](NC(=O)N[C@H](CC1CCCCC1)C(=O)NC1CCC2CCCCC2C1)C(=O)O. The van der Waals surface area contributed by atoms with E-state index in [1.165, 1.54) is 51.4 Å². The van der Waals surface area contributed by atoms with E-state index < -0.39 is 24.1 Å². The molecule has 3 amide bonds. The van der Waals surface area contributed by atoms with Crippen LogP contribution in [0, 0.1) is 17.8 Å². The highest BCUT2D eigenvalue weighted by atomic mass is 16.4. The van der Waals surface area contributed by atoms with Gasteiger partial charge in [-0.05, 0) is 69.2 Å². The molecule has 0 aliphatic heterocycles. The molecule has 0 saturated heterocycles. The van der Waals surface area contributed by atoms with E-state index in [0.717, 1.165) is 31.6 Å². The Hall–Kier alpha value is -1.83. The molecule has 3 rings (SSSR count). The number of carbonyl (C=O) groups excluding carboxylic acids is 2. The van der Waals surface area contributed by atoms with Crippen LogP contribution in [0.2, 0.25) is 0 Å². The fourth-order valence-corrected chi connectivity index (χ4v) is 6.40. The fraction of sp³-hybridized carbons (Fsp3) is 0.885. The van der Waals surface area contributed by atoms with E-state index in [1.807, 2.05) is 0 Å². The first-order chi connectivity index (χ1) is 16.5. The zero-order chi connectivity index (χ0) is 24.3. The molecule has 3 aliphatic rings. The number of hydrogen-bond donors (Lipinski definition) is 5. The second-order valence-electron chi connectivity index (χ2n) is 10.9. The van der Waals surface area contributed by atoms with Crippen LogP contribution in [0.25, 0.3) is 0 Å². The topological polar surface area (TPSA) is 134 Å². The van der Waals surface area contributed by atoms with Crippen molar-refractivity contribution in [3.05, 3.63) is 0 Å². The average Bonchev–Trinajstić information content (AvgIpc) is 2.83. The van der Waals surface area contributed by atoms with Crippen LogP contribution in [0.3, 0.4) is 0 Å². The van der Waals surface area contributed by atoms with Gasteiger partial charge in [0.05, 0.1) is 0 Å². The minimum Gasteiger partial charge on any atom is -0.480 e. The maximum absolute atomic E-state index is 13.3. The Morgan fingerprint density at radius 2 is 1.50 bits per heavy atom. The van der Waals surface area contributed by atoms with E-state index in [9.17, 15) is 19.5 Å². The van der Waals surface area contributed by atoms with Crippen LogP contribution in [-0.4, -0.2) is 47.7 Å². The number of fused-ring (bicyclic) bond motifs is 1. The standard InChI is InChI=1S/C26H46N4O4/c27-15-7-6-12-22(25(32)33)29-26(34)30-23(16-18-8-2-1-3-9-18)24(31)28-21-14-13-19-10-4-5-11-20(19)17-21/h18-23H,1-17,27H2,(H,28,31)(H,32,33)(H2,29,30,34)/t19?,20?,21?,22-,23+/m0/s1. The van der Waals surface area contributed by atoms with Crippen LogP contribution >= 0.6 is 0 Å². The highest BCUT2D eigenvalue weighted by Crippen LogP contribution is 2.40. The number of rotatable bonds is 11. The van der Waals surface area contributed by atoms with Crippen molar-refractivity contribution in [3.63, 3.8) is 0 Å². The first-order valence-electron chi connectivity index (χ1n) is 13.8. The Bertz CT molecular complexity index is 667. The third-order valence-electron chi connectivity index (χ3n) is 8.35. The zero-order valence-corrected chi connectivity index (χ0v) is 20.7. The largest absolute Gasteiger partial charge is 0.480 e. The number of nitrogens with one attached hydrogen (secondary N) is 3. The summed E-state index contributed by atoms with van der Waals surface area (Å²) < 4.78 is 0. The number of carboxylic acids is 1. The Labute approximate surface area is 204 Å². The summed E-state index contributed by atoms with van der Waals surface area (Å²) in [4.78, 5) is 37.7. The number of amides is 3. The molecule has 3 unspecified atom stereocenters. The van der Waals surface area contributed by atoms with Crippen LogP contribution < -0.4 is 21.7 Å². The molecule has 0 aromatic heterocycles. The number of carbonyl (C=O) groups is 3. The highest BCUT2D eigenvalue weighted by Gasteiger charge is 2.34. The van der Waals surface area contributed by atoms with Gasteiger partial charge in [0.15, 0.2) is 0 Å². The predicted molar refractivity (Wildman–Crippen MR) is 132 cm³/mol. The van der Waals surface area contributed by atoms with E-state index in [2.05, 4.69) is 16.0 Å². The number of carboxylic acid groups (broad SMARTS) is 1. The number of hydrogen-bond acceptors (Lipinski definition) is 4. The van der Waals surface area contributed by atoms with Crippen molar-refractivity contribution in [1.29, 1.82) is 0 Å². The monoisotopic (exact) mass is 478 g/mol.